The molecule has 0 aromatic rings. The predicted molar refractivity (Wildman–Crippen MR) is 61.0 cm³/mol. The van der Waals surface area contributed by atoms with Crippen molar-refractivity contribution in [1.82, 2.24) is 0 Å². The summed E-state index contributed by atoms with van der Waals surface area (Å²) in [5.41, 5.74) is -1.03. The Morgan fingerprint density at radius 3 is 2.27 bits per heavy atom. The van der Waals surface area contributed by atoms with Gasteiger partial charge in [-0.05, 0) is 39.0 Å². The van der Waals surface area contributed by atoms with Crippen LogP contribution in [0.5, 0.6) is 0 Å². The monoisotopic (exact) mass is 216 g/mol. The third-order valence-corrected chi connectivity index (χ3v) is 2.69. The van der Waals surface area contributed by atoms with E-state index < -0.39 is 11.6 Å². The van der Waals surface area contributed by atoms with E-state index in [0.717, 1.165) is 12.8 Å². The zero-order valence-corrected chi connectivity index (χ0v) is 10.5. The van der Waals surface area contributed by atoms with Gasteiger partial charge in [-0.25, -0.2) is 4.79 Å². The van der Waals surface area contributed by atoms with Crippen molar-refractivity contribution in [1.29, 1.82) is 0 Å². The summed E-state index contributed by atoms with van der Waals surface area (Å²) in [7, 11) is 0. The van der Waals surface area contributed by atoms with E-state index >= 15 is 0 Å². The first kappa shape index (κ1) is 14.4. The van der Waals surface area contributed by atoms with E-state index in [1.807, 2.05) is 13.8 Å². The second-order valence-corrected chi connectivity index (χ2v) is 4.81. The van der Waals surface area contributed by atoms with Gasteiger partial charge < -0.3 is 9.84 Å². The molecule has 0 bridgehead atoms. The Kier molecular flexibility index (Phi) is 5.88. The number of rotatable bonds is 7. The van der Waals surface area contributed by atoms with Crippen LogP contribution in [0.25, 0.3) is 0 Å². The van der Waals surface area contributed by atoms with Crippen LogP contribution in [0.4, 0.5) is 0 Å². The Hall–Kier alpha value is -0.570. The molecular formula is C12H24O3. The van der Waals surface area contributed by atoms with Crippen molar-refractivity contribution in [2.24, 2.45) is 5.92 Å². The molecule has 2 atom stereocenters. The first-order chi connectivity index (χ1) is 6.81. The van der Waals surface area contributed by atoms with Crippen molar-refractivity contribution < 1.29 is 14.6 Å². The van der Waals surface area contributed by atoms with E-state index in [4.69, 9.17) is 9.84 Å². The fourth-order valence-corrected chi connectivity index (χ4v) is 1.31. The molecular weight excluding hydrogens is 192 g/mol. The fourth-order valence-electron chi connectivity index (χ4n) is 1.31. The predicted octanol–water partition coefficient (Wildman–Crippen LogP) is 3.08. The third kappa shape index (κ3) is 5.17. The average Bonchev–Trinajstić information content (AvgIpc) is 2.14. The molecule has 0 saturated carbocycles. The summed E-state index contributed by atoms with van der Waals surface area (Å²) in [6.45, 7) is 9.76. The maximum absolute atomic E-state index is 11.2. The maximum atomic E-state index is 11.2. The minimum absolute atomic E-state index is 0.00161. The van der Waals surface area contributed by atoms with E-state index in [2.05, 4.69) is 13.8 Å². The second-order valence-electron chi connectivity index (χ2n) is 4.81. The van der Waals surface area contributed by atoms with Crippen LogP contribution in [0.3, 0.4) is 0 Å². The summed E-state index contributed by atoms with van der Waals surface area (Å²) in [6.07, 6.45) is 2.28. The lowest BCUT2D eigenvalue weighted by atomic mass is 9.95. The van der Waals surface area contributed by atoms with Gasteiger partial charge in [-0.3, -0.25) is 0 Å². The minimum atomic E-state index is -1.03. The van der Waals surface area contributed by atoms with E-state index in [1.54, 1.807) is 6.92 Å². The molecule has 0 amide bonds. The molecule has 3 heteroatoms. The lowest BCUT2D eigenvalue weighted by Gasteiger charge is -2.29. The van der Waals surface area contributed by atoms with Gasteiger partial charge in [-0.15, -0.1) is 0 Å². The molecule has 15 heavy (non-hydrogen) atoms. The highest BCUT2D eigenvalue weighted by molar-refractivity contribution is 5.76. The molecule has 0 aromatic carbocycles. The molecule has 0 radical (unpaired) electrons. The van der Waals surface area contributed by atoms with Gasteiger partial charge in [0.15, 0.2) is 5.60 Å². The van der Waals surface area contributed by atoms with Crippen molar-refractivity contribution in [3.05, 3.63) is 0 Å². The molecule has 0 rings (SSSR count). The summed E-state index contributed by atoms with van der Waals surface area (Å²) < 4.78 is 5.60. The molecule has 0 aliphatic carbocycles. The van der Waals surface area contributed by atoms with Gasteiger partial charge in [0.1, 0.15) is 0 Å². The SMILES string of the molecule is CCC(C)OC(C)(CCC(C)C)C(=O)O. The van der Waals surface area contributed by atoms with Gasteiger partial charge in [0, 0.05) is 0 Å². The van der Waals surface area contributed by atoms with Crippen LogP contribution in [0.1, 0.15) is 53.9 Å². The van der Waals surface area contributed by atoms with Crippen LogP contribution in [0.15, 0.2) is 0 Å². The molecule has 0 heterocycles. The molecule has 0 aliphatic rings. The van der Waals surface area contributed by atoms with Crippen molar-refractivity contribution in [3.63, 3.8) is 0 Å². The number of carbonyl (C=O) groups is 1. The molecule has 2 unspecified atom stereocenters. The summed E-state index contributed by atoms with van der Waals surface area (Å²) in [5.74, 6) is -0.354. The normalized spacial score (nSPS) is 17.5. The molecule has 90 valence electrons. The van der Waals surface area contributed by atoms with Crippen molar-refractivity contribution in [2.45, 2.75) is 65.6 Å². The van der Waals surface area contributed by atoms with Crippen LogP contribution in [-0.2, 0) is 9.53 Å². The summed E-state index contributed by atoms with van der Waals surface area (Å²) in [5, 5.41) is 9.16. The Balaban J connectivity index is 4.38. The Labute approximate surface area is 92.8 Å². The third-order valence-electron chi connectivity index (χ3n) is 2.69. The number of carboxylic acids is 1. The van der Waals surface area contributed by atoms with Gasteiger partial charge in [0.05, 0.1) is 6.10 Å². The van der Waals surface area contributed by atoms with Gasteiger partial charge in [-0.2, -0.15) is 0 Å². The van der Waals surface area contributed by atoms with Gasteiger partial charge >= 0.3 is 5.97 Å². The first-order valence-electron chi connectivity index (χ1n) is 5.73. The average molecular weight is 216 g/mol. The Bertz CT molecular complexity index is 201. The van der Waals surface area contributed by atoms with Crippen molar-refractivity contribution in [2.75, 3.05) is 0 Å². The lowest BCUT2D eigenvalue weighted by Crippen LogP contribution is -2.41. The smallest absolute Gasteiger partial charge is 0.335 e. The number of hydrogen-bond donors (Lipinski definition) is 1. The number of hydrogen-bond acceptors (Lipinski definition) is 2. The van der Waals surface area contributed by atoms with Crippen LogP contribution >= 0.6 is 0 Å². The topological polar surface area (TPSA) is 46.5 Å². The summed E-state index contributed by atoms with van der Waals surface area (Å²) in [6, 6.07) is 0. The van der Waals surface area contributed by atoms with E-state index in [9.17, 15) is 4.79 Å². The second kappa shape index (κ2) is 6.11. The largest absolute Gasteiger partial charge is 0.479 e. The van der Waals surface area contributed by atoms with Crippen LogP contribution in [0.2, 0.25) is 0 Å². The molecule has 0 aromatic heterocycles. The van der Waals surface area contributed by atoms with E-state index in [0.29, 0.717) is 12.3 Å². The zero-order chi connectivity index (χ0) is 12.1. The quantitative estimate of drug-likeness (QED) is 0.711. The molecule has 1 N–H and O–H groups in total. The first-order valence-corrected chi connectivity index (χ1v) is 5.73. The molecule has 0 aliphatic heterocycles. The zero-order valence-electron chi connectivity index (χ0n) is 10.5. The number of ether oxygens (including phenoxy) is 1. The standard InChI is InChI=1S/C12H24O3/c1-6-10(4)15-12(5,11(13)14)8-7-9(2)3/h9-10H,6-8H2,1-5H3,(H,13,14). The van der Waals surface area contributed by atoms with E-state index in [-0.39, 0.29) is 6.10 Å². The highest BCUT2D eigenvalue weighted by Gasteiger charge is 2.35. The highest BCUT2D eigenvalue weighted by Crippen LogP contribution is 2.23. The summed E-state index contributed by atoms with van der Waals surface area (Å²) >= 11 is 0. The highest BCUT2D eigenvalue weighted by atomic mass is 16.5. The van der Waals surface area contributed by atoms with Crippen LogP contribution in [0, 0.1) is 5.92 Å². The molecule has 0 spiro atoms. The van der Waals surface area contributed by atoms with Crippen molar-refractivity contribution >= 4 is 5.97 Å². The number of aliphatic carboxylic acids is 1. The van der Waals surface area contributed by atoms with Gasteiger partial charge in [0.25, 0.3) is 0 Å². The Morgan fingerprint density at radius 1 is 1.40 bits per heavy atom. The summed E-state index contributed by atoms with van der Waals surface area (Å²) in [4.78, 5) is 11.2. The van der Waals surface area contributed by atoms with Crippen LogP contribution < -0.4 is 0 Å². The molecule has 3 nitrogen and oxygen atoms in total. The molecule has 0 saturated heterocycles. The van der Waals surface area contributed by atoms with Crippen LogP contribution in [-0.4, -0.2) is 22.8 Å². The fraction of sp³-hybridized carbons (Fsp3) is 0.917. The lowest BCUT2D eigenvalue weighted by molar-refractivity contribution is -0.171. The van der Waals surface area contributed by atoms with Crippen molar-refractivity contribution in [3.8, 4) is 0 Å². The molecule has 0 fully saturated rings. The van der Waals surface area contributed by atoms with Gasteiger partial charge in [0.2, 0.25) is 0 Å². The minimum Gasteiger partial charge on any atom is -0.479 e. The maximum Gasteiger partial charge on any atom is 0.335 e. The van der Waals surface area contributed by atoms with Gasteiger partial charge in [-0.1, -0.05) is 20.8 Å². The van der Waals surface area contributed by atoms with E-state index in [1.165, 1.54) is 0 Å². The Morgan fingerprint density at radius 2 is 1.93 bits per heavy atom. The number of carboxylic acid groups (broad SMARTS) is 1.